The Morgan fingerprint density at radius 2 is 1.90 bits per heavy atom. The molecule has 0 aliphatic heterocycles. The molecule has 1 amide bonds. The Morgan fingerprint density at radius 3 is 2.63 bits per heavy atom. The van der Waals surface area contributed by atoms with Crippen LogP contribution in [-0.2, 0) is 11.3 Å². The van der Waals surface area contributed by atoms with Gasteiger partial charge >= 0.3 is 0 Å². The quantitative estimate of drug-likeness (QED) is 0.477. The van der Waals surface area contributed by atoms with E-state index in [4.69, 9.17) is 17.0 Å². The van der Waals surface area contributed by atoms with Crippen molar-refractivity contribution in [2.24, 2.45) is 0 Å². The summed E-state index contributed by atoms with van der Waals surface area (Å²) in [4.78, 5) is 12.5. The molecule has 0 bridgehead atoms. The number of halogens is 1. The fourth-order valence-electron chi connectivity index (χ4n) is 3.07. The van der Waals surface area contributed by atoms with Gasteiger partial charge < -0.3 is 10.1 Å². The maximum Gasteiger partial charge on any atom is 0.246 e. The van der Waals surface area contributed by atoms with Gasteiger partial charge in [0.15, 0.2) is 5.82 Å². The lowest BCUT2D eigenvalue weighted by atomic mass is 10.2. The van der Waals surface area contributed by atoms with Crippen molar-refractivity contribution < 1.29 is 13.9 Å². The molecule has 0 saturated heterocycles. The van der Waals surface area contributed by atoms with Crippen molar-refractivity contribution in [1.29, 1.82) is 0 Å². The zero-order valence-electron chi connectivity index (χ0n) is 16.0. The van der Waals surface area contributed by atoms with Gasteiger partial charge in [0.2, 0.25) is 10.7 Å². The van der Waals surface area contributed by atoms with Crippen molar-refractivity contribution in [3.05, 3.63) is 83.6 Å². The molecule has 2 aromatic carbocycles. The second kappa shape index (κ2) is 8.34. The Kier molecular flexibility index (Phi) is 5.44. The summed E-state index contributed by atoms with van der Waals surface area (Å²) in [6.07, 6.45) is 3.65. The van der Waals surface area contributed by atoms with Crippen LogP contribution in [0.2, 0.25) is 0 Å². The van der Waals surface area contributed by atoms with Crippen LogP contribution in [0.5, 0.6) is 5.75 Å². The van der Waals surface area contributed by atoms with Crippen molar-refractivity contribution in [2.75, 3.05) is 12.4 Å². The van der Waals surface area contributed by atoms with Crippen LogP contribution in [0.3, 0.4) is 0 Å². The lowest BCUT2D eigenvalue weighted by Gasteiger charge is -2.10. The highest BCUT2D eigenvalue weighted by Gasteiger charge is 2.19. The Bertz CT molecular complexity index is 1250. The topological polar surface area (TPSA) is 66.0 Å². The largest absolute Gasteiger partial charge is 0.496 e. The fraction of sp³-hybridized carbons (Fsp3) is 0.0952. The van der Waals surface area contributed by atoms with Crippen molar-refractivity contribution in [1.82, 2.24) is 19.1 Å². The van der Waals surface area contributed by atoms with Crippen LogP contribution in [0, 0.1) is 10.6 Å². The van der Waals surface area contributed by atoms with Gasteiger partial charge in [0.05, 0.1) is 12.7 Å². The summed E-state index contributed by atoms with van der Waals surface area (Å²) in [7, 11) is 1.58. The average molecular weight is 423 g/mol. The number of aromatic nitrogens is 4. The molecule has 4 aromatic rings. The first-order chi connectivity index (χ1) is 14.6. The summed E-state index contributed by atoms with van der Waals surface area (Å²) in [5.74, 6) is 0.342. The van der Waals surface area contributed by atoms with Crippen molar-refractivity contribution in [2.45, 2.75) is 6.54 Å². The van der Waals surface area contributed by atoms with Gasteiger partial charge in [0.25, 0.3) is 0 Å². The number of carbonyl (C=O) groups is 1. The molecule has 1 N–H and O–H groups in total. The van der Waals surface area contributed by atoms with Crippen LogP contribution in [-0.4, -0.2) is 32.1 Å². The maximum atomic E-state index is 13.4. The molecule has 30 heavy (non-hydrogen) atoms. The van der Waals surface area contributed by atoms with Crippen LogP contribution in [0.25, 0.3) is 11.4 Å². The van der Waals surface area contributed by atoms with E-state index in [0.29, 0.717) is 22.0 Å². The van der Waals surface area contributed by atoms with E-state index in [1.807, 2.05) is 48.8 Å². The van der Waals surface area contributed by atoms with Crippen molar-refractivity contribution in [3.8, 4) is 17.1 Å². The number of hydrogen-bond donors (Lipinski definition) is 1. The summed E-state index contributed by atoms with van der Waals surface area (Å²) < 4.78 is 24.1. The fourth-order valence-corrected chi connectivity index (χ4v) is 3.36. The number of carbonyl (C=O) groups excluding carboxylic acids is 1. The Morgan fingerprint density at radius 1 is 1.13 bits per heavy atom. The number of hydrogen-bond acceptors (Lipinski definition) is 4. The van der Waals surface area contributed by atoms with E-state index < -0.39 is 5.82 Å². The molecule has 0 atom stereocenters. The SMILES string of the molecule is COc1ccccc1-c1nn(CC(=O)Nc2cccc(F)c2)c(=S)n1-n1cccc1. The molecular weight excluding hydrogens is 405 g/mol. The van der Waals surface area contributed by atoms with Gasteiger partial charge in [-0.3, -0.25) is 9.47 Å². The van der Waals surface area contributed by atoms with Gasteiger partial charge in [-0.25, -0.2) is 13.7 Å². The van der Waals surface area contributed by atoms with Crippen LogP contribution >= 0.6 is 12.2 Å². The van der Waals surface area contributed by atoms with Gasteiger partial charge in [-0.15, -0.1) is 5.10 Å². The zero-order valence-corrected chi connectivity index (χ0v) is 16.8. The van der Waals surface area contributed by atoms with E-state index >= 15 is 0 Å². The number of methoxy groups -OCH3 is 1. The molecule has 0 saturated carbocycles. The Balaban J connectivity index is 1.73. The predicted octanol–water partition coefficient (Wildman–Crippen LogP) is 3.98. The maximum absolute atomic E-state index is 13.4. The van der Waals surface area contributed by atoms with Crippen molar-refractivity contribution in [3.63, 3.8) is 0 Å². The number of rotatable bonds is 6. The zero-order chi connectivity index (χ0) is 21.1. The minimum atomic E-state index is -0.431. The molecule has 0 aliphatic carbocycles. The molecule has 0 aliphatic rings. The molecule has 9 heteroatoms. The first-order valence-electron chi connectivity index (χ1n) is 9.09. The summed E-state index contributed by atoms with van der Waals surface area (Å²) in [5.41, 5.74) is 1.09. The highest BCUT2D eigenvalue weighted by Crippen LogP contribution is 2.28. The van der Waals surface area contributed by atoms with Gasteiger partial charge in [-0.2, -0.15) is 0 Å². The minimum absolute atomic E-state index is 0.133. The third-order valence-corrected chi connectivity index (χ3v) is 4.77. The van der Waals surface area contributed by atoms with E-state index in [0.717, 1.165) is 5.56 Å². The minimum Gasteiger partial charge on any atom is -0.496 e. The highest BCUT2D eigenvalue weighted by molar-refractivity contribution is 7.71. The van der Waals surface area contributed by atoms with Crippen LogP contribution in [0.15, 0.2) is 73.1 Å². The molecule has 0 fully saturated rings. The lowest BCUT2D eigenvalue weighted by molar-refractivity contribution is -0.116. The van der Waals surface area contributed by atoms with E-state index in [2.05, 4.69) is 10.4 Å². The van der Waals surface area contributed by atoms with E-state index in [9.17, 15) is 9.18 Å². The number of benzene rings is 2. The summed E-state index contributed by atoms with van der Waals surface area (Å²) in [6, 6.07) is 16.8. The molecule has 0 unspecified atom stereocenters. The third kappa shape index (κ3) is 3.87. The van der Waals surface area contributed by atoms with Crippen LogP contribution in [0.1, 0.15) is 0 Å². The monoisotopic (exact) mass is 423 g/mol. The van der Waals surface area contributed by atoms with E-state index in [-0.39, 0.29) is 12.5 Å². The number of ether oxygens (including phenoxy) is 1. The number of anilines is 1. The number of nitrogens with zero attached hydrogens (tertiary/aromatic N) is 4. The Hall–Kier alpha value is -3.72. The predicted molar refractivity (Wildman–Crippen MR) is 113 cm³/mol. The number of para-hydroxylation sites is 1. The molecule has 2 aromatic heterocycles. The smallest absolute Gasteiger partial charge is 0.246 e. The number of nitrogens with one attached hydrogen (secondary N) is 1. The molecule has 152 valence electrons. The van der Waals surface area contributed by atoms with Gasteiger partial charge in [0.1, 0.15) is 18.1 Å². The first kappa shape index (κ1) is 19.6. The molecule has 4 rings (SSSR count). The van der Waals surface area contributed by atoms with E-state index in [1.54, 1.807) is 22.5 Å². The second-order valence-electron chi connectivity index (χ2n) is 6.40. The van der Waals surface area contributed by atoms with Crippen LogP contribution in [0.4, 0.5) is 10.1 Å². The van der Waals surface area contributed by atoms with Crippen molar-refractivity contribution >= 4 is 23.8 Å². The van der Waals surface area contributed by atoms with Crippen LogP contribution < -0.4 is 10.1 Å². The average Bonchev–Trinajstić information content (AvgIpc) is 3.36. The Labute approximate surface area is 176 Å². The summed E-state index contributed by atoms with van der Waals surface area (Å²) >= 11 is 5.61. The molecule has 0 spiro atoms. The normalized spacial score (nSPS) is 10.7. The third-order valence-electron chi connectivity index (χ3n) is 4.39. The molecule has 2 heterocycles. The first-order valence-corrected chi connectivity index (χ1v) is 9.50. The second-order valence-corrected chi connectivity index (χ2v) is 6.76. The number of amides is 1. The lowest BCUT2D eigenvalue weighted by Crippen LogP contribution is -2.20. The molecule has 7 nitrogen and oxygen atoms in total. The van der Waals surface area contributed by atoms with Gasteiger partial charge in [-0.1, -0.05) is 18.2 Å². The van der Waals surface area contributed by atoms with Gasteiger partial charge in [0, 0.05) is 18.1 Å². The van der Waals surface area contributed by atoms with Gasteiger partial charge in [-0.05, 0) is 54.7 Å². The summed E-state index contributed by atoms with van der Waals surface area (Å²) in [5, 5.41) is 7.24. The van der Waals surface area contributed by atoms with E-state index in [1.165, 1.54) is 22.9 Å². The summed E-state index contributed by atoms with van der Waals surface area (Å²) in [6.45, 7) is -0.133. The standard InChI is InChI=1S/C21H18FN5O2S/c1-29-18-10-3-2-9-17(18)20-24-26(21(30)27(20)25-11-4-5-12-25)14-19(28)23-16-8-6-7-15(22)13-16/h2-13H,14H2,1H3,(H,23,28). The molecular formula is C21H18FN5O2S. The molecule has 0 radical (unpaired) electrons. The highest BCUT2D eigenvalue weighted by atomic mass is 32.1.